The van der Waals surface area contributed by atoms with Crippen LogP contribution in [0.5, 0.6) is 0 Å². The molecule has 0 saturated heterocycles. The monoisotopic (exact) mass is 494 g/mol. The van der Waals surface area contributed by atoms with Crippen LogP contribution < -0.4 is 0 Å². The predicted octanol–water partition coefficient (Wildman–Crippen LogP) is 6.06. The van der Waals surface area contributed by atoms with Gasteiger partial charge in [0, 0.05) is 18.4 Å². The first kappa shape index (κ1) is 29.2. The maximum Gasteiger partial charge on any atom is 0.309 e. The first-order chi connectivity index (χ1) is 16.7. The van der Waals surface area contributed by atoms with Crippen LogP contribution in [0, 0.1) is 17.8 Å². The fourth-order valence-electron chi connectivity index (χ4n) is 5.10. The van der Waals surface area contributed by atoms with Crippen molar-refractivity contribution in [2.75, 3.05) is 0 Å². The van der Waals surface area contributed by atoms with E-state index >= 15 is 0 Å². The molecule has 0 aromatic carbocycles. The molecule has 200 valence electrons. The Bertz CT molecular complexity index is 748. The Balaban J connectivity index is 2.27. The lowest BCUT2D eigenvalue weighted by Gasteiger charge is -2.44. The summed E-state index contributed by atoms with van der Waals surface area (Å²) in [5, 5.41) is 32.0. The van der Waals surface area contributed by atoms with Crippen LogP contribution in [0.1, 0.15) is 105 Å². The van der Waals surface area contributed by atoms with Crippen molar-refractivity contribution >= 4 is 11.9 Å². The molecule has 0 aliphatic heterocycles. The van der Waals surface area contributed by atoms with E-state index in [2.05, 4.69) is 20.8 Å². The van der Waals surface area contributed by atoms with Crippen molar-refractivity contribution in [2.45, 2.75) is 123 Å². The van der Waals surface area contributed by atoms with E-state index in [4.69, 9.17) is 9.47 Å². The molecule has 2 aliphatic rings. The molecule has 0 bridgehead atoms. The Morgan fingerprint density at radius 2 is 1.57 bits per heavy atom. The highest BCUT2D eigenvalue weighted by atomic mass is 16.6. The third-order valence-electron chi connectivity index (χ3n) is 7.34. The second-order valence-electron chi connectivity index (χ2n) is 10.2. The molecule has 0 amide bonds. The van der Waals surface area contributed by atoms with Gasteiger partial charge in [-0.2, -0.15) is 0 Å². The molecule has 7 heteroatoms. The fourth-order valence-corrected chi connectivity index (χ4v) is 5.10. The topological polar surface area (TPSA) is 113 Å². The van der Waals surface area contributed by atoms with Gasteiger partial charge in [-0.3, -0.25) is 9.59 Å². The molecule has 2 rings (SSSR count). The van der Waals surface area contributed by atoms with E-state index in [0.29, 0.717) is 12.0 Å². The van der Waals surface area contributed by atoms with Crippen LogP contribution >= 0.6 is 0 Å². The number of ether oxygens (including phenoxy) is 2. The van der Waals surface area contributed by atoms with Gasteiger partial charge in [0.1, 0.15) is 12.2 Å². The van der Waals surface area contributed by atoms with Crippen LogP contribution in [0.25, 0.3) is 0 Å². The Labute approximate surface area is 210 Å². The van der Waals surface area contributed by atoms with E-state index in [0.717, 1.165) is 57.8 Å². The van der Waals surface area contributed by atoms with E-state index in [9.17, 15) is 24.9 Å². The van der Waals surface area contributed by atoms with Gasteiger partial charge in [0.25, 0.3) is 0 Å². The number of esters is 2. The summed E-state index contributed by atoms with van der Waals surface area (Å²) in [6.07, 6.45) is 7.67. The minimum atomic E-state index is -1.13. The zero-order valence-corrected chi connectivity index (χ0v) is 22.0. The van der Waals surface area contributed by atoms with E-state index in [1.807, 2.05) is 0 Å². The molecule has 0 radical (unpaired) electrons. The number of fused-ring (bicyclic) bond motifs is 1. The lowest BCUT2D eigenvalue weighted by Crippen LogP contribution is -2.52. The summed E-state index contributed by atoms with van der Waals surface area (Å²) in [5.74, 6) is -2.38. The second-order valence-corrected chi connectivity index (χ2v) is 10.2. The summed E-state index contributed by atoms with van der Waals surface area (Å²) in [4.78, 5) is 25.9. The van der Waals surface area contributed by atoms with E-state index in [1.165, 1.54) is 6.08 Å². The Kier molecular flexibility index (Phi) is 12.1. The summed E-state index contributed by atoms with van der Waals surface area (Å²) in [7, 11) is 0. The average Bonchev–Trinajstić information content (AvgIpc) is 2.82. The minimum absolute atomic E-state index is 0.00295. The molecule has 0 fully saturated rings. The van der Waals surface area contributed by atoms with Crippen LogP contribution in [-0.4, -0.2) is 45.6 Å². The minimum Gasteiger partial charge on any atom is -0.512 e. The fraction of sp³-hybridized carbons (Fsp3) is 0.786. The van der Waals surface area contributed by atoms with Gasteiger partial charge in [0.05, 0.1) is 35.4 Å². The lowest BCUT2D eigenvalue weighted by atomic mass is 9.71. The zero-order chi connectivity index (χ0) is 26.0. The molecule has 0 saturated carbocycles. The summed E-state index contributed by atoms with van der Waals surface area (Å²) < 4.78 is 11.8. The smallest absolute Gasteiger partial charge is 0.309 e. The predicted molar refractivity (Wildman–Crippen MR) is 135 cm³/mol. The number of hydrogen-bond donors (Lipinski definition) is 3. The van der Waals surface area contributed by atoms with E-state index in [-0.39, 0.29) is 42.2 Å². The summed E-state index contributed by atoms with van der Waals surface area (Å²) >= 11 is 0. The van der Waals surface area contributed by atoms with Crippen molar-refractivity contribution in [1.82, 2.24) is 0 Å². The number of allylic oxidation sites excluding steroid dienone is 1. The number of carbonyl (C=O) groups is 2. The van der Waals surface area contributed by atoms with Crippen molar-refractivity contribution < 1.29 is 34.4 Å². The van der Waals surface area contributed by atoms with E-state index in [1.54, 1.807) is 6.92 Å². The van der Waals surface area contributed by atoms with Crippen LogP contribution in [0.4, 0.5) is 0 Å². The first-order valence-electron chi connectivity index (χ1n) is 13.7. The van der Waals surface area contributed by atoms with Gasteiger partial charge in [-0.15, -0.1) is 0 Å². The molecule has 7 nitrogen and oxygen atoms in total. The molecule has 2 aliphatic carbocycles. The van der Waals surface area contributed by atoms with E-state index < -0.39 is 30.1 Å². The normalized spacial score (nSPS) is 26.3. The standard InChI is InChI=1S/C28H46O7/c1-5-8-11-12-15-24(32)34-26-18(4)21(29)16-20-22(30)17-23(31)27(25(20)26)35-28(33)19(13-9-6-2)14-10-7-3/h16,18-19,23,25-27,29-31H,5-15,17H2,1-4H3. The third kappa shape index (κ3) is 7.99. The number of aliphatic hydroxyl groups is 3. The number of rotatable bonds is 14. The molecule has 5 unspecified atom stereocenters. The largest absolute Gasteiger partial charge is 0.512 e. The molecular formula is C28H46O7. The van der Waals surface area contributed by atoms with Crippen LogP contribution in [0.3, 0.4) is 0 Å². The van der Waals surface area contributed by atoms with Crippen molar-refractivity contribution in [2.24, 2.45) is 17.8 Å². The quantitative estimate of drug-likeness (QED) is 0.199. The van der Waals surface area contributed by atoms with Crippen LogP contribution in [-0.2, 0) is 19.1 Å². The third-order valence-corrected chi connectivity index (χ3v) is 7.34. The Morgan fingerprint density at radius 1 is 0.943 bits per heavy atom. The highest BCUT2D eigenvalue weighted by Gasteiger charge is 2.50. The van der Waals surface area contributed by atoms with Crippen molar-refractivity contribution in [3.8, 4) is 0 Å². The molecule has 3 N–H and O–H groups in total. The maximum absolute atomic E-state index is 13.2. The molecule has 0 spiro atoms. The van der Waals surface area contributed by atoms with Gasteiger partial charge < -0.3 is 24.8 Å². The van der Waals surface area contributed by atoms with Crippen LogP contribution in [0.2, 0.25) is 0 Å². The van der Waals surface area contributed by atoms with Crippen molar-refractivity contribution in [3.05, 3.63) is 23.2 Å². The van der Waals surface area contributed by atoms with Gasteiger partial charge in [-0.1, -0.05) is 72.6 Å². The molecule has 0 aromatic rings. The number of aliphatic hydroxyl groups excluding tert-OH is 3. The lowest BCUT2D eigenvalue weighted by molar-refractivity contribution is -0.177. The summed E-state index contributed by atoms with van der Waals surface area (Å²) in [6.45, 7) is 8.00. The van der Waals surface area contributed by atoms with Gasteiger partial charge in [-0.25, -0.2) is 0 Å². The molecule has 0 aromatic heterocycles. The van der Waals surface area contributed by atoms with Gasteiger partial charge in [0.2, 0.25) is 0 Å². The SMILES string of the molecule is CCCCCCC(=O)OC1C(C)C(O)=CC2=C(O)CC(O)C(OC(=O)C(CCCC)CCCC)C21. The van der Waals surface area contributed by atoms with Crippen LogP contribution in [0.15, 0.2) is 23.2 Å². The highest BCUT2D eigenvalue weighted by Crippen LogP contribution is 2.43. The molecule has 5 atom stereocenters. The molecular weight excluding hydrogens is 448 g/mol. The maximum atomic E-state index is 13.2. The molecule has 0 heterocycles. The Hall–Kier alpha value is -2.02. The summed E-state index contributed by atoms with van der Waals surface area (Å²) in [5.41, 5.74) is 0.367. The second kappa shape index (κ2) is 14.5. The zero-order valence-electron chi connectivity index (χ0n) is 22.0. The van der Waals surface area contributed by atoms with Gasteiger partial charge >= 0.3 is 11.9 Å². The number of carbonyl (C=O) groups excluding carboxylic acids is 2. The average molecular weight is 495 g/mol. The molecule has 35 heavy (non-hydrogen) atoms. The number of hydrogen-bond acceptors (Lipinski definition) is 7. The first-order valence-corrected chi connectivity index (χ1v) is 13.7. The van der Waals surface area contributed by atoms with Gasteiger partial charge in [-0.05, 0) is 25.3 Å². The number of unbranched alkanes of at least 4 members (excludes halogenated alkanes) is 5. The highest BCUT2D eigenvalue weighted by molar-refractivity contribution is 5.73. The van der Waals surface area contributed by atoms with Crippen molar-refractivity contribution in [1.29, 1.82) is 0 Å². The Morgan fingerprint density at radius 3 is 2.17 bits per heavy atom. The summed E-state index contributed by atoms with van der Waals surface area (Å²) in [6, 6.07) is 0. The van der Waals surface area contributed by atoms with Gasteiger partial charge in [0.15, 0.2) is 0 Å². The van der Waals surface area contributed by atoms with Crippen molar-refractivity contribution in [3.63, 3.8) is 0 Å².